The fourth-order valence-corrected chi connectivity index (χ4v) is 3.50. The number of benzene rings is 1. The molecule has 3 N–H and O–H groups in total. The van der Waals surface area contributed by atoms with Gasteiger partial charge in [0.05, 0.1) is 24.7 Å². The Kier molecular flexibility index (Phi) is 4.77. The van der Waals surface area contributed by atoms with E-state index in [1.807, 2.05) is 26.1 Å². The molecule has 3 aromatic rings. The van der Waals surface area contributed by atoms with Gasteiger partial charge in [-0.3, -0.25) is 4.79 Å². The van der Waals surface area contributed by atoms with E-state index in [0.717, 1.165) is 36.4 Å². The van der Waals surface area contributed by atoms with Crippen molar-refractivity contribution in [1.29, 1.82) is 0 Å². The van der Waals surface area contributed by atoms with E-state index < -0.39 is 0 Å². The topological polar surface area (TPSA) is 92.6 Å². The summed E-state index contributed by atoms with van der Waals surface area (Å²) < 4.78 is 7.07. The van der Waals surface area contributed by atoms with Gasteiger partial charge in [0.2, 0.25) is 0 Å². The van der Waals surface area contributed by atoms with Crippen LogP contribution in [0.2, 0.25) is 0 Å². The number of nitrogens with zero attached hydrogens (tertiary/aromatic N) is 3. The first-order valence-corrected chi connectivity index (χ1v) is 9.40. The molecule has 3 heterocycles. The van der Waals surface area contributed by atoms with Crippen molar-refractivity contribution in [2.75, 3.05) is 24.8 Å². The van der Waals surface area contributed by atoms with Gasteiger partial charge in [-0.05, 0) is 43.9 Å². The third-order valence-corrected chi connectivity index (χ3v) is 4.98. The van der Waals surface area contributed by atoms with Gasteiger partial charge in [-0.25, -0.2) is 9.50 Å². The Morgan fingerprint density at radius 3 is 2.96 bits per heavy atom. The normalized spacial score (nSPS) is 17.0. The number of anilines is 3. The molecular formula is C20H24N6O2. The monoisotopic (exact) mass is 380 g/mol. The summed E-state index contributed by atoms with van der Waals surface area (Å²) in [6.07, 6.45) is 4.34. The van der Waals surface area contributed by atoms with Gasteiger partial charge in [0, 0.05) is 19.2 Å². The molecule has 0 radical (unpaired) electrons. The molecule has 1 amide bonds. The zero-order chi connectivity index (χ0) is 19.7. The first-order chi connectivity index (χ1) is 13.6. The van der Waals surface area contributed by atoms with Crippen LogP contribution in [0.25, 0.3) is 5.65 Å². The Balaban J connectivity index is 1.88. The predicted molar refractivity (Wildman–Crippen MR) is 109 cm³/mol. The molecule has 4 rings (SSSR count). The number of ether oxygens (including phenoxy) is 1. The number of nitrogens with one attached hydrogen (secondary N) is 3. The van der Waals surface area contributed by atoms with Crippen molar-refractivity contribution in [2.24, 2.45) is 0 Å². The molecular weight excluding hydrogens is 356 g/mol. The number of hydrogen-bond acceptors (Lipinski definition) is 6. The third kappa shape index (κ3) is 3.33. The Hall–Kier alpha value is -3.29. The summed E-state index contributed by atoms with van der Waals surface area (Å²) in [5.41, 5.74) is 3.81. The minimum Gasteiger partial charge on any atom is -0.495 e. The minimum absolute atomic E-state index is 0.0591. The lowest BCUT2D eigenvalue weighted by Gasteiger charge is -2.17. The lowest BCUT2D eigenvalue weighted by atomic mass is 10.0. The highest BCUT2D eigenvalue weighted by atomic mass is 16.5. The first kappa shape index (κ1) is 18.1. The van der Waals surface area contributed by atoms with Gasteiger partial charge in [-0.1, -0.05) is 6.07 Å². The maximum absolute atomic E-state index is 12.8. The van der Waals surface area contributed by atoms with Crippen LogP contribution in [-0.2, 0) is 6.42 Å². The molecule has 2 aromatic heterocycles. The fraction of sp³-hybridized carbons (Fsp3) is 0.350. The van der Waals surface area contributed by atoms with Gasteiger partial charge >= 0.3 is 0 Å². The zero-order valence-electron chi connectivity index (χ0n) is 16.2. The predicted octanol–water partition coefficient (Wildman–Crippen LogP) is 2.98. The summed E-state index contributed by atoms with van der Waals surface area (Å²) in [6, 6.07) is 8.05. The number of aromatic nitrogens is 3. The fourth-order valence-electron chi connectivity index (χ4n) is 3.50. The minimum atomic E-state index is -0.181. The molecule has 146 valence electrons. The van der Waals surface area contributed by atoms with Gasteiger partial charge in [-0.15, -0.1) is 5.10 Å². The van der Waals surface area contributed by atoms with Gasteiger partial charge in [0.15, 0.2) is 17.2 Å². The van der Waals surface area contributed by atoms with Crippen LogP contribution in [0.5, 0.6) is 5.75 Å². The van der Waals surface area contributed by atoms with Crippen molar-refractivity contribution in [3.05, 3.63) is 41.7 Å². The molecule has 28 heavy (non-hydrogen) atoms. The molecule has 1 aliphatic rings. The molecule has 0 aliphatic carbocycles. The van der Waals surface area contributed by atoms with Crippen LogP contribution in [0.1, 0.15) is 35.8 Å². The highest BCUT2D eigenvalue weighted by Crippen LogP contribution is 2.30. The number of rotatable bonds is 2. The highest BCUT2D eigenvalue weighted by molar-refractivity contribution is 5.94. The Morgan fingerprint density at radius 2 is 2.18 bits per heavy atom. The van der Waals surface area contributed by atoms with Crippen molar-refractivity contribution in [3.63, 3.8) is 0 Å². The van der Waals surface area contributed by atoms with Crippen molar-refractivity contribution in [2.45, 2.75) is 32.2 Å². The molecule has 8 nitrogen and oxygen atoms in total. The van der Waals surface area contributed by atoms with Gasteiger partial charge in [0.25, 0.3) is 5.91 Å². The summed E-state index contributed by atoms with van der Waals surface area (Å²) in [6.45, 7) is 2.02. The Morgan fingerprint density at radius 1 is 1.32 bits per heavy atom. The molecule has 1 aliphatic heterocycles. The van der Waals surface area contributed by atoms with Crippen LogP contribution in [0.3, 0.4) is 0 Å². The van der Waals surface area contributed by atoms with Crippen LogP contribution in [0.4, 0.5) is 17.2 Å². The van der Waals surface area contributed by atoms with E-state index >= 15 is 0 Å². The number of carbonyl (C=O) groups excluding carboxylic acids is 1. The Bertz CT molecular complexity index is 1030. The number of methoxy groups -OCH3 is 1. The van der Waals surface area contributed by atoms with Crippen molar-refractivity contribution < 1.29 is 9.53 Å². The van der Waals surface area contributed by atoms with E-state index in [1.165, 1.54) is 5.56 Å². The zero-order valence-corrected chi connectivity index (χ0v) is 16.2. The van der Waals surface area contributed by atoms with Crippen molar-refractivity contribution in [3.8, 4) is 5.75 Å². The highest BCUT2D eigenvalue weighted by Gasteiger charge is 2.19. The quantitative estimate of drug-likeness (QED) is 0.633. The summed E-state index contributed by atoms with van der Waals surface area (Å²) in [4.78, 5) is 17.1. The molecule has 1 atom stereocenters. The smallest absolute Gasteiger partial charge is 0.271 e. The molecule has 0 spiro atoms. The molecule has 0 fully saturated rings. The standard InChI is InChI=1S/C20H24N6O2/c1-12-5-4-6-13-7-8-17(28-3)14(9-13)24-18-10-15(21-2)19-22-11-16(20(27)23-12)26(19)25-18/h7-12,21H,4-6H2,1-3H3,(H,23,27)(H,24,25)/t12-/m1/s1. The number of carbonyl (C=O) groups is 1. The van der Waals surface area contributed by atoms with E-state index in [1.54, 1.807) is 17.8 Å². The average molecular weight is 380 g/mol. The first-order valence-electron chi connectivity index (χ1n) is 9.40. The Labute approximate surface area is 163 Å². The van der Waals surface area contributed by atoms with E-state index in [0.29, 0.717) is 17.2 Å². The van der Waals surface area contributed by atoms with Crippen molar-refractivity contribution >= 4 is 28.7 Å². The molecule has 4 bridgehead atoms. The summed E-state index contributed by atoms with van der Waals surface area (Å²) in [5.74, 6) is 1.14. The molecule has 8 heteroatoms. The maximum Gasteiger partial charge on any atom is 0.271 e. The lowest BCUT2D eigenvalue weighted by Crippen LogP contribution is -2.33. The lowest BCUT2D eigenvalue weighted by molar-refractivity contribution is 0.0931. The number of fused-ring (bicyclic) bond motifs is 3. The second kappa shape index (κ2) is 7.38. The van der Waals surface area contributed by atoms with Gasteiger partial charge in [0.1, 0.15) is 5.75 Å². The second-order valence-corrected chi connectivity index (χ2v) is 7.00. The van der Waals surface area contributed by atoms with Crippen molar-refractivity contribution in [1.82, 2.24) is 19.9 Å². The van der Waals surface area contributed by atoms with Gasteiger partial charge < -0.3 is 20.7 Å². The molecule has 1 aromatic carbocycles. The van der Waals surface area contributed by atoms with E-state index in [9.17, 15) is 4.79 Å². The largest absolute Gasteiger partial charge is 0.495 e. The van der Waals surface area contributed by atoms with Crippen LogP contribution in [0.15, 0.2) is 30.5 Å². The van der Waals surface area contributed by atoms with Crippen LogP contribution >= 0.6 is 0 Å². The van der Waals surface area contributed by atoms with Crippen LogP contribution < -0.4 is 20.7 Å². The number of amides is 1. The molecule has 0 unspecified atom stereocenters. The molecule has 0 saturated carbocycles. The summed E-state index contributed by atoms with van der Waals surface area (Å²) >= 11 is 0. The van der Waals surface area contributed by atoms with Gasteiger partial charge in [-0.2, -0.15) is 0 Å². The number of hydrogen-bond donors (Lipinski definition) is 3. The molecule has 0 saturated heterocycles. The van der Waals surface area contributed by atoms with Crippen LogP contribution in [-0.4, -0.2) is 40.7 Å². The SMILES string of the molecule is CNc1cc2nn3c(cnc13)C(=O)N[C@H](C)CCCc1ccc(OC)c(c1)N2. The second-order valence-electron chi connectivity index (χ2n) is 7.00. The summed E-state index contributed by atoms with van der Waals surface area (Å²) in [5, 5.41) is 14.1. The maximum atomic E-state index is 12.8. The summed E-state index contributed by atoms with van der Waals surface area (Å²) in [7, 11) is 3.46. The van der Waals surface area contributed by atoms with E-state index in [-0.39, 0.29) is 11.9 Å². The number of aryl methyl sites for hydroxylation is 1. The van der Waals surface area contributed by atoms with E-state index in [2.05, 4.69) is 38.2 Å². The van der Waals surface area contributed by atoms with Crippen LogP contribution in [0, 0.1) is 0 Å². The van der Waals surface area contributed by atoms with E-state index in [4.69, 9.17) is 4.74 Å². The third-order valence-electron chi connectivity index (χ3n) is 4.98. The number of imidazole rings is 1. The average Bonchev–Trinajstić information content (AvgIpc) is 3.11.